The molecular weight excluding hydrogens is 521 g/mol. The van der Waals surface area contributed by atoms with Crippen LogP contribution in [-0.2, 0) is 21.3 Å². The molecule has 1 aliphatic rings. The van der Waals surface area contributed by atoms with Crippen LogP contribution in [0.2, 0.25) is 0 Å². The highest BCUT2D eigenvalue weighted by Gasteiger charge is 2.38. The van der Waals surface area contributed by atoms with Gasteiger partial charge in [-0.05, 0) is 67.4 Å². The number of esters is 1. The van der Waals surface area contributed by atoms with E-state index in [4.69, 9.17) is 9.47 Å². The van der Waals surface area contributed by atoms with Crippen LogP contribution >= 0.6 is 10.5 Å². The van der Waals surface area contributed by atoms with Gasteiger partial charge in [0.2, 0.25) is 0 Å². The fraction of sp³-hybridized carbons (Fsp3) is 0.156. The first-order chi connectivity index (χ1) is 18.8. The van der Waals surface area contributed by atoms with Gasteiger partial charge in [-0.1, -0.05) is 42.5 Å². The number of alkyl halides is 3. The molecule has 0 saturated carbocycles. The molecule has 0 saturated heterocycles. The molecule has 0 amide bonds. The van der Waals surface area contributed by atoms with Crippen molar-refractivity contribution in [1.29, 1.82) is 0 Å². The van der Waals surface area contributed by atoms with E-state index in [0.717, 1.165) is 17.0 Å². The van der Waals surface area contributed by atoms with Crippen molar-refractivity contribution in [3.05, 3.63) is 120 Å². The Morgan fingerprint density at radius 1 is 0.846 bits per heavy atom. The Kier molecular flexibility index (Phi) is 6.39. The Labute approximate surface area is 226 Å². The fourth-order valence-electron chi connectivity index (χ4n) is 5.15. The Bertz CT molecular complexity index is 1650. The van der Waals surface area contributed by atoms with Crippen molar-refractivity contribution < 1.29 is 27.4 Å². The van der Waals surface area contributed by atoms with Gasteiger partial charge in [0.05, 0.1) is 5.56 Å². The van der Waals surface area contributed by atoms with Crippen molar-refractivity contribution in [2.24, 2.45) is 0 Å². The van der Waals surface area contributed by atoms with E-state index in [0.29, 0.717) is 24.2 Å². The van der Waals surface area contributed by atoms with Crippen LogP contribution in [0.25, 0.3) is 25.1 Å². The smallest absolute Gasteiger partial charge is 0.416 e. The van der Waals surface area contributed by atoms with Gasteiger partial charge in [-0.3, -0.25) is 0 Å². The molecule has 3 nitrogen and oxygen atoms in total. The molecule has 6 rings (SSSR count). The zero-order valence-electron chi connectivity index (χ0n) is 20.8. The van der Waals surface area contributed by atoms with E-state index >= 15 is 0 Å². The third-order valence-electron chi connectivity index (χ3n) is 6.96. The van der Waals surface area contributed by atoms with Crippen LogP contribution in [0.3, 0.4) is 0 Å². The number of carbonyl (C=O) groups is 1. The Hall–Kier alpha value is -4.10. The van der Waals surface area contributed by atoms with Crippen LogP contribution in [-0.4, -0.2) is 12.6 Å². The van der Waals surface area contributed by atoms with Gasteiger partial charge in [0.1, 0.15) is 5.75 Å². The zero-order chi connectivity index (χ0) is 27.0. The van der Waals surface area contributed by atoms with E-state index in [1.54, 1.807) is 12.1 Å². The lowest BCUT2D eigenvalue weighted by Crippen LogP contribution is -2.31. The lowest BCUT2D eigenvalue weighted by atomic mass is 9.91. The second kappa shape index (κ2) is 9.89. The van der Waals surface area contributed by atoms with Crippen LogP contribution in [0.15, 0.2) is 109 Å². The third kappa shape index (κ3) is 4.79. The van der Waals surface area contributed by atoms with Crippen LogP contribution in [0.4, 0.5) is 13.2 Å². The maximum atomic E-state index is 13.3. The fourth-order valence-corrected chi connectivity index (χ4v) is 7.53. The monoisotopic (exact) mass is 545 g/mol. The number of benzene rings is 4. The lowest BCUT2D eigenvalue weighted by molar-refractivity contribution is -0.158. The maximum Gasteiger partial charge on any atom is 0.416 e. The summed E-state index contributed by atoms with van der Waals surface area (Å²) in [5.74, 6) is -0.140. The molecule has 1 aromatic heterocycles. The second-order valence-corrected chi connectivity index (χ2v) is 11.4. The summed E-state index contributed by atoms with van der Waals surface area (Å²) in [5, 5.41) is 2.49. The van der Waals surface area contributed by atoms with Gasteiger partial charge in [0, 0.05) is 38.9 Å². The van der Waals surface area contributed by atoms with E-state index in [2.05, 4.69) is 48.5 Å². The molecule has 0 bridgehead atoms. The second-order valence-electron chi connectivity index (χ2n) is 9.44. The minimum Gasteiger partial charge on any atom is -0.482 e. The number of hydrogen-bond acceptors (Lipinski definition) is 3. The van der Waals surface area contributed by atoms with Crippen LogP contribution in [0, 0.1) is 0 Å². The summed E-state index contributed by atoms with van der Waals surface area (Å²) >= 11 is 0. The molecule has 4 aromatic carbocycles. The van der Waals surface area contributed by atoms with Crippen molar-refractivity contribution in [3.8, 4) is 10.6 Å². The van der Waals surface area contributed by atoms with E-state index in [1.807, 2.05) is 30.3 Å². The van der Waals surface area contributed by atoms with Crippen molar-refractivity contribution in [1.82, 2.24) is 0 Å². The van der Waals surface area contributed by atoms with Gasteiger partial charge in [0.25, 0.3) is 0 Å². The quantitative estimate of drug-likeness (QED) is 0.121. The van der Waals surface area contributed by atoms with Crippen LogP contribution < -0.4 is 4.74 Å². The first-order valence-corrected chi connectivity index (χ1v) is 13.8. The molecule has 0 radical (unpaired) electrons. The number of ether oxygens (including phenoxy) is 2. The average Bonchev–Trinajstić information content (AvgIpc) is 3.55. The van der Waals surface area contributed by atoms with Crippen LogP contribution in [0.5, 0.6) is 5.75 Å². The molecule has 0 aliphatic heterocycles. The molecule has 0 spiro atoms. The summed E-state index contributed by atoms with van der Waals surface area (Å²) in [5.41, 5.74) is -1.72. The van der Waals surface area contributed by atoms with Gasteiger partial charge < -0.3 is 9.47 Å². The molecular formula is C32H24F3O3S+. The maximum absolute atomic E-state index is 13.3. The average molecular weight is 546 g/mol. The van der Waals surface area contributed by atoms with Gasteiger partial charge in [-0.25, -0.2) is 4.79 Å². The highest BCUT2D eigenvalue weighted by molar-refractivity contribution is 7.50. The third-order valence-corrected chi connectivity index (χ3v) is 9.30. The topological polar surface area (TPSA) is 35.5 Å². The summed E-state index contributed by atoms with van der Waals surface area (Å²) in [6.07, 6.45) is -0.0390. The highest BCUT2D eigenvalue weighted by atomic mass is 32.2. The first-order valence-electron chi connectivity index (χ1n) is 12.6. The van der Waals surface area contributed by atoms with Gasteiger partial charge >= 0.3 is 12.1 Å². The Morgan fingerprint density at radius 2 is 1.51 bits per heavy atom. The lowest BCUT2D eigenvalue weighted by Gasteiger charge is -2.28. The molecule has 196 valence electrons. The predicted octanol–water partition coefficient (Wildman–Crippen LogP) is 8.92. The largest absolute Gasteiger partial charge is 0.482 e. The molecule has 1 unspecified atom stereocenters. The summed E-state index contributed by atoms with van der Waals surface area (Å²) in [6, 6.07) is 29.5. The van der Waals surface area contributed by atoms with Gasteiger partial charge in [0.15, 0.2) is 26.5 Å². The molecule has 39 heavy (non-hydrogen) atoms. The zero-order valence-corrected chi connectivity index (χ0v) is 21.6. The SMILES string of the molecule is O=C(COc1ccc(-[s+]2c3ccccc3c3ccccc32)cc1)OC1(c2cccc(C(F)(F)F)c2)C=CCC1. The standard InChI is InChI=1S/C32H24F3O3S/c33-32(34,35)23-9-7-8-22(20-23)31(18-5-6-19-31)38-30(36)21-37-24-14-16-25(17-15-24)39-28-12-3-1-10-26(28)27-11-2-4-13-29(27)39/h1-5,7-18,20H,6,19,21H2/q+1. The Morgan fingerprint density at radius 3 is 2.13 bits per heavy atom. The van der Waals surface area contributed by atoms with Gasteiger partial charge in [-0.2, -0.15) is 13.2 Å². The predicted molar refractivity (Wildman–Crippen MR) is 148 cm³/mol. The van der Waals surface area contributed by atoms with Crippen molar-refractivity contribution >= 4 is 36.6 Å². The van der Waals surface area contributed by atoms with Crippen molar-refractivity contribution in [2.75, 3.05) is 6.61 Å². The minimum absolute atomic E-state index is 0.235. The van der Waals surface area contributed by atoms with E-state index in [9.17, 15) is 18.0 Å². The molecule has 1 atom stereocenters. The molecule has 1 heterocycles. The number of carbonyl (C=O) groups excluding carboxylic acids is 1. The van der Waals surface area contributed by atoms with Crippen molar-refractivity contribution in [2.45, 2.75) is 24.6 Å². The first kappa shape index (κ1) is 25.2. The Balaban J connectivity index is 1.19. The van der Waals surface area contributed by atoms with E-state index in [-0.39, 0.29) is 17.1 Å². The van der Waals surface area contributed by atoms with Gasteiger partial charge in [-0.15, -0.1) is 0 Å². The summed E-state index contributed by atoms with van der Waals surface area (Å²) in [6.45, 7) is -0.356. The van der Waals surface area contributed by atoms with E-state index in [1.165, 1.54) is 26.2 Å². The summed E-state index contributed by atoms with van der Waals surface area (Å²) in [7, 11) is -0.235. The molecule has 0 fully saturated rings. The number of halogens is 3. The summed E-state index contributed by atoms with van der Waals surface area (Å²) < 4.78 is 53.9. The summed E-state index contributed by atoms with van der Waals surface area (Å²) in [4.78, 5) is 13.9. The van der Waals surface area contributed by atoms with E-state index < -0.39 is 23.3 Å². The number of rotatable bonds is 6. The number of thiophene rings is 1. The molecule has 1 aliphatic carbocycles. The number of hydrogen-bond donors (Lipinski definition) is 0. The van der Waals surface area contributed by atoms with Crippen LogP contribution in [0.1, 0.15) is 24.0 Å². The molecule has 7 heteroatoms. The molecule has 0 N–H and O–H groups in total. The highest BCUT2D eigenvalue weighted by Crippen LogP contribution is 2.48. The number of fused-ring (bicyclic) bond motifs is 3. The molecule has 5 aromatic rings. The normalized spacial score (nSPS) is 17.1. The van der Waals surface area contributed by atoms with Crippen molar-refractivity contribution in [3.63, 3.8) is 0 Å². The number of allylic oxidation sites excluding steroid dienone is 1. The minimum atomic E-state index is -4.48.